The lowest BCUT2D eigenvalue weighted by Crippen LogP contribution is -2.33. The summed E-state index contributed by atoms with van der Waals surface area (Å²) in [6, 6.07) is 17.5. The van der Waals surface area contributed by atoms with Gasteiger partial charge in [0, 0.05) is 42.9 Å². The number of pyridine rings is 1. The van der Waals surface area contributed by atoms with Crippen LogP contribution in [0.5, 0.6) is 0 Å². The van der Waals surface area contributed by atoms with E-state index in [0.29, 0.717) is 11.2 Å². The van der Waals surface area contributed by atoms with Crippen molar-refractivity contribution in [2.24, 2.45) is 5.92 Å². The highest BCUT2D eigenvalue weighted by atomic mass is 35.5. The van der Waals surface area contributed by atoms with E-state index >= 15 is 0 Å². The maximum Gasteiger partial charge on any atom is 0.174 e. The molecule has 7 heteroatoms. The summed E-state index contributed by atoms with van der Waals surface area (Å²) < 4.78 is 2.51. The second-order valence-electron chi connectivity index (χ2n) is 10.9. The average Bonchev–Trinajstić information content (AvgIpc) is 3.54. The number of thiocarbonyl (C=S) groups is 1. The number of piperidine rings is 1. The van der Waals surface area contributed by atoms with Crippen molar-refractivity contribution in [3.8, 4) is 0 Å². The molecule has 6 rings (SSSR count). The van der Waals surface area contributed by atoms with Gasteiger partial charge in [-0.25, -0.2) is 0 Å². The molecule has 3 aliphatic rings. The minimum absolute atomic E-state index is 0.0166. The summed E-state index contributed by atoms with van der Waals surface area (Å²) in [4.78, 5) is 9.42. The molecule has 0 bridgehead atoms. The van der Waals surface area contributed by atoms with Gasteiger partial charge in [0.2, 0.25) is 0 Å². The van der Waals surface area contributed by atoms with E-state index in [1.54, 1.807) is 0 Å². The van der Waals surface area contributed by atoms with E-state index in [-0.39, 0.29) is 12.1 Å². The lowest BCUT2D eigenvalue weighted by atomic mass is 9.94. The van der Waals surface area contributed by atoms with Crippen molar-refractivity contribution in [3.63, 3.8) is 0 Å². The number of halogens is 1. The van der Waals surface area contributed by atoms with Crippen molar-refractivity contribution in [1.29, 1.82) is 0 Å². The molecule has 4 heterocycles. The van der Waals surface area contributed by atoms with Crippen LogP contribution in [0.25, 0.3) is 0 Å². The molecule has 194 valence electrons. The van der Waals surface area contributed by atoms with Crippen LogP contribution in [0.1, 0.15) is 81.4 Å². The van der Waals surface area contributed by atoms with Crippen LogP contribution in [-0.2, 0) is 0 Å². The zero-order valence-electron chi connectivity index (χ0n) is 21.5. The molecule has 0 amide bonds. The quantitative estimate of drug-likeness (QED) is 0.344. The molecular weight excluding hydrogens is 498 g/mol. The van der Waals surface area contributed by atoms with Crippen LogP contribution >= 0.6 is 23.8 Å². The van der Waals surface area contributed by atoms with E-state index in [1.165, 1.54) is 50.6 Å². The Hall–Kier alpha value is -2.57. The number of anilines is 2. The Balaban J connectivity index is 1.38. The predicted octanol–water partition coefficient (Wildman–Crippen LogP) is 7.46. The molecule has 0 radical (unpaired) electrons. The predicted molar refractivity (Wildman–Crippen MR) is 157 cm³/mol. The molecule has 1 saturated carbocycles. The van der Waals surface area contributed by atoms with E-state index in [0.717, 1.165) is 41.1 Å². The second-order valence-corrected chi connectivity index (χ2v) is 11.7. The van der Waals surface area contributed by atoms with Crippen LogP contribution in [0.2, 0.25) is 5.02 Å². The van der Waals surface area contributed by atoms with Gasteiger partial charge in [0.15, 0.2) is 5.11 Å². The molecule has 2 aromatic heterocycles. The molecule has 2 saturated heterocycles. The second kappa shape index (κ2) is 10.7. The topological polar surface area (TPSA) is 36.3 Å². The maximum atomic E-state index is 6.95. The highest BCUT2D eigenvalue weighted by molar-refractivity contribution is 7.80. The van der Waals surface area contributed by atoms with Crippen LogP contribution in [0.4, 0.5) is 11.4 Å². The first-order chi connectivity index (χ1) is 18.1. The SMILES string of the molecule is CC1CCN(c2ccc(N3C(=S)N[C@@H](c4ccccn4)[C@@H]3c3cccn3C3CCCCC3)cc2Cl)CC1. The van der Waals surface area contributed by atoms with Crippen LogP contribution in [0, 0.1) is 5.92 Å². The van der Waals surface area contributed by atoms with Crippen LogP contribution in [0.3, 0.4) is 0 Å². The smallest absolute Gasteiger partial charge is 0.174 e. The monoisotopic (exact) mass is 533 g/mol. The number of hydrogen-bond acceptors (Lipinski definition) is 3. The molecule has 37 heavy (non-hydrogen) atoms. The zero-order valence-corrected chi connectivity index (χ0v) is 23.1. The van der Waals surface area contributed by atoms with Gasteiger partial charge < -0.3 is 19.7 Å². The molecule has 1 aromatic carbocycles. The van der Waals surface area contributed by atoms with Gasteiger partial charge in [0.1, 0.15) is 6.04 Å². The maximum absolute atomic E-state index is 6.95. The summed E-state index contributed by atoms with van der Waals surface area (Å²) in [5, 5.41) is 5.12. The molecule has 0 spiro atoms. The third-order valence-corrected chi connectivity index (χ3v) is 9.13. The summed E-state index contributed by atoms with van der Waals surface area (Å²) in [6.45, 7) is 4.46. The Morgan fingerprint density at radius 1 is 0.973 bits per heavy atom. The number of hydrogen-bond donors (Lipinski definition) is 1. The zero-order chi connectivity index (χ0) is 25.4. The van der Waals surface area contributed by atoms with Crippen LogP contribution in [-0.4, -0.2) is 27.8 Å². The molecule has 2 aliphatic heterocycles. The lowest BCUT2D eigenvalue weighted by Gasteiger charge is -2.34. The fourth-order valence-corrected chi connectivity index (χ4v) is 7.07. The van der Waals surface area contributed by atoms with Crippen molar-refractivity contribution in [2.45, 2.75) is 70.0 Å². The number of nitrogens with one attached hydrogen (secondary N) is 1. The van der Waals surface area contributed by atoms with Gasteiger partial charge in [-0.05, 0) is 86.3 Å². The molecule has 3 fully saturated rings. The van der Waals surface area contributed by atoms with E-state index in [1.807, 2.05) is 12.3 Å². The number of rotatable bonds is 5. The van der Waals surface area contributed by atoms with E-state index in [2.05, 4.69) is 75.3 Å². The third-order valence-electron chi connectivity index (χ3n) is 8.51. The first-order valence-electron chi connectivity index (χ1n) is 13.8. The highest BCUT2D eigenvalue weighted by Gasteiger charge is 2.42. The van der Waals surface area contributed by atoms with Crippen molar-refractivity contribution in [3.05, 3.63) is 77.3 Å². The van der Waals surface area contributed by atoms with Crippen LogP contribution in [0.15, 0.2) is 60.9 Å². The summed E-state index contributed by atoms with van der Waals surface area (Å²) in [5.41, 5.74) is 4.43. The van der Waals surface area contributed by atoms with Crippen molar-refractivity contribution in [2.75, 3.05) is 22.9 Å². The molecule has 0 unspecified atom stereocenters. The standard InChI is InChI=1S/C30H36ClN5S/c1-21-14-18-34(19-15-21)26-13-12-23(20-24(26)31)36-29(28(33-30(36)37)25-10-5-6-16-32-25)27-11-7-17-35(27)22-8-3-2-4-9-22/h5-7,10-13,16-17,20-22,28-29H,2-4,8-9,14-15,18-19H2,1H3,(H,33,37)/t28-,29-/m0/s1. The third kappa shape index (κ3) is 4.86. The largest absolute Gasteiger partial charge is 0.370 e. The van der Waals surface area contributed by atoms with E-state index < -0.39 is 0 Å². The van der Waals surface area contributed by atoms with Crippen molar-refractivity contribution >= 4 is 40.3 Å². The van der Waals surface area contributed by atoms with Gasteiger partial charge in [-0.2, -0.15) is 0 Å². The number of benzene rings is 1. The van der Waals surface area contributed by atoms with Gasteiger partial charge in [0.05, 0.1) is 22.4 Å². The first kappa shape index (κ1) is 24.7. The molecule has 5 nitrogen and oxygen atoms in total. The Morgan fingerprint density at radius 2 is 1.78 bits per heavy atom. The molecular formula is C30H36ClN5S. The Morgan fingerprint density at radius 3 is 2.51 bits per heavy atom. The van der Waals surface area contributed by atoms with Gasteiger partial charge in [-0.3, -0.25) is 4.98 Å². The summed E-state index contributed by atoms with van der Waals surface area (Å²) >= 11 is 12.9. The van der Waals surface area contributed by atoms with Gasteiger partial charge in [-0.15, -0.1) is 0 Å². The van der Waals surface area contributed by atoms with Crippen LogP contribution < -0.4 is 15.1 Å². The minimum Gasteiger partial charge on any atom is -0.370 e. The lowest BCUT2D eigenvalue weighted by molar-refractivity contribution is 0.340. The summed E-state index contributed by atoms with van der Waals surface area (Å²) in [5.74, 6) is 0.784. The van der Waals surface area contributed by atoms with E-state index in [9.17, 15) is 0 Å². The summed E-state index contributed by atoms with van der Waals surface area (Å²) in [6.07, 6.45) is 12.9. The highest BCUT2D eigenvalue weighted by Crippen LogP contribution is 2.45. The fraction of sp³-hybridized carbons (Fsp3) is 0.467. The molecule has 2 atom stereocenters. The van der Waals surface area contributed by atoms with Gasteiger partial charge in [-0.1, -0.05) is 43.9 Å². The van der Waals surface area contributed by atoms with E-state index in [4.69, 9.17) is 28.8 Å². The summed E-state index contributed by atoms with van der Waals surface area (Å²) in [7, 11) is 0. The van der Waals surface area contributed by atoms with Crippen molar-refractivity contribution < 1.29 is 0 Å². The number of aromatic nitrogens is 2. The van der Waals surface area contributed by atoms with Crippen molar-refractivity contribution in [1.82, 2.24) is 14.9 Å². The number of nitrogens with zero attached hydrogens (tertiary/aromatic N) is 4. The Bertz CT molecular complexity index is 1230. The molecule has 1 N–H and O–H groups in total. The average molecular weight is 534 g/mol. The first-order valence-corrected chi connectivity index (χ1v) is 14.6. The Kier molecular flexibility index (Phi) is 7.13. The normalized spacial score (nSPS) is 23.5. The molecule has 1 aliphatic carbocycles. The van der Waals surface area contributed by atoms with Gasteiger partial charge >= 0.3 is 0 Å². The molecule has 3 aromatic rings. The minimum atomic E-state index is -0.0482. The Labute approximate surface area is 230 Å². The van der Waals surface area contributed by atoms with Gasteiger partial charge in [0.25, 0.3) is 0 Å². The fourth-order valence-electron chi connectivity index (χ4n) is 6.43.